The SMILES string of the molecule is CCOc1ccc(CNCCCNCCO)cc1OCC.Cl.Cl. The van der Waals surface area contributed by atoms with E-state index in [9.17, 15) is 0 Å². The molecular weight excluding hydrogens is 339 g/mol. The summed E-state index contributed by atoms with van der Waals surface area (Å²) in [5.74, 6) is 1.61. The van der Waals surface area contributed by atoms with Crippen molar-refractivity contribution in [1.82, 2.24) is 10.6 Å². The van der Waals surface area contributed by atoms with E-state index in [1.165, 1.54) is 5.56 Å². The Bertz CT molecular complexity index is 396. The van der Waals surface area contributed by atoms with Gasteiger partial charge in [-0.3, -0.25) is 0 Å². The van der Waals surface area contributed by atoms with Gasteiger partial charge in [0, 0.05) is 13.1 Å². The van der Waals surface area contributed by atoms with Crippen LogP contribution >= 0.6 is 24.8 Å². The third-order valence-electron chi connectivity index (χ3n) is 2.93. The molecule has 0 bridgehead atoms. The molecule has 0 aliphatic carbocycles. The molecule has 0 saturated heterocycles. The molecule has 0 unspecified atom stereocenters. The van der Waals surface area contributed by atoms with Crippen LogP contribution in [-0.4, -0.2) is 44.6 Å². The van der Waals surface area contributed by atoms with Gasteiger partial charge < -0.3 is 25.2 Å². The molecule has 3 N–H and O–H groups in total. The van der Waals surface area contributed by atoms with Crippen LogP contribution in [0.5, 0.6) is 11.5 Å². The van der Waals surface area contributed by atoms with Crippen molar-refractivity contribution in [3.05, 3.63) is 23.8 Å². The molecular formula is C16H30Cl2N2O3. The lowest BCUT2D eigenvalue weighted by atomic mass is 10.2. The molecule has 0 aliphatic rings. The first-order valence-electron chi connectivity index (χ1n) is 7.72. The number of ether oxygens (including phenoxy) is 2. The number of aliphatic hydroxyl groups excluding tert-OH is 1. The first-order valence-corrected chi connectivity index (χ1v) is 7.72. The lowest BCUT2D eigenvalue weighted by molar-refractivity contribution is 0.287. The van der Waals surface area contributed by atoms with Crippen molar-refractivity contribution < 1.29 is 14.6 Å². The van der Waals surface area contributed by atoms with E-state index in [0.717, 1.165) is 37.6 Å². The zero-order valence-corrected chi connectivity index (χ0v) is 15.6. The zero-order chi connectivity index (χ0) is 15.3. The van der Waals surface area contributed by atoms with Crippen LogP contribution in [0.15, 0.2) is 18.2 Å². The lowest BCUT2D eigenvalue weighted by Gasteiger charge is -2.13. The van der Waals surface area contributed by atoms with Crippen molar-refractivity contribution in [2.75, 3.05) is 39.5 Å². The van der Waals surface area contributed by atoms with Gasteiger partial charge in [0.05, 0.1) is 19.8 Å². The van der Waals surface area contributed by atoms with Crippen molar-refractivity contribution in [3.63, 3.8) is 0 Å². The van der Waals surface area contributed by atoms with E-state index in [-0.39, 0.29) is 31.4 Å². The fraction of sp³-hybridized carbons (Fsp3) is 0.625. The van der Waals surface area contributed by atoms with Gasteiger partial charge in [-0.25, -0.2) is 0 Å². The highest BCUT2D eigenvalue weighted by Crippen LogP contribution is 2.28. The maximum Gasteiger partial charge on any atom is 0.161 e. The zero-order valence-electron chi connectivity index (χ0n) is 14.0. The predicted octanol–water partition coefficient (Wildman–Crippen LogP) is 2.39. The van der Waals surface area contributed by atoms with Gasteiger partial charge in [-0.15, -0.1) is 24.8 Å². The lowest BCUT2D eigenvalue weighted by Crippen LogP contribution is -2.23. The first kappa shape index (κ1) is 24.5. The number of halogens is 2. The van der Waals surface area contributed by atoms with Crippen molar-refractivity contribution in [1.29, 1.82) is 0 Å². The second-order valence-corrected chi connectivity index (χ2v) is 4.65. The average Bonchev–Trinajstić information content (AvgIpc) is 2.49. The molecule has 0 spiro atoms. The standard InChI is InChI=1S/C16H28N2O3.2ClH/c1-3-20-15-7-6-14(12-16(15)21-4-2)13-18-9-5-8-17-10-11-19;;/h6-7,12,17-19H,3-5,8-11,13H2,1-2H3;2*1H. The maximum atomic E-state index is 8.65. The van der Waals surface area contributed by atoms with Crippen molar-refractivity contribution in [2.24, 2.45) is 0 Å². The Labute approximate surface area is 152 Å². The number of hydrogen-bond donors (Lipinski definition) is 3. The van der Waals surface area contributed by atoms with Crippen LogP contribution in [0.4, 0.5) is 0 Å². The maximum absolute atomic E-state index is 8.65. The number of rotatable bonds is 12. The summed E-state index contributed by atoms with van der Waals surface area (Å²) in [6.07, 6.45) is 1.04. The van der Waals surface area contributed by atoms with E-state index in [4.69, 9.17) is 14.6 Å². The third kappa shape index (κ3) is 10.6. The van der Waals surface area contributed by atoms with E-state index in [0.29, 0.717) is 19.8 Å². The van der Waals surface area contributed by atoms with Crippen LogP contribution in [0.3, 0.4) is 0 Å². The normalized spacial score (nSPS) is 9.70. The second kappa shape index (κ2) is 16.1. The minimum atomic E-state index is 0. The molecule has 5 nitrogen and oxygen atoms in total. The van der Waals surface area contributed by atoms with Crippen LogP contribution in [0.1, 0.15) is 25.8 Å². The Morgan fingerprint density at radius 1 is 0.913 bits per heavy atom. The van der Waals surface area contributed by atoms with E-state index in [2.05, 4.69) is 16.7 Å². The Balaban J connectivity index is 0. The fourth-order valence-corrected chi connectivity index (χ4v) is 1.98. The summed E-state index contributed by atoms with van der Waals surface area (Å²) in [5.41, 5.74) is 1.19. The number of nitrogens with one attached hydrogen (secondary N) is 2. The van der Waals surface area contributed by atoms with Gasteiger partial charge in [0.25, 0.3) is 0 Å². The summed E-state index contributed by atoms with van der Waals surface area (Å²) in [4.78, 5) is 0. The quantitative estimate of drug-likeness (QED) is 0.494. The summed E-state index contributed by atoms with van der Waals surface area (Å²) in [6.45, 7) is 8.74. The molecule has 136 valence electrons. The molecule has 23 heavy (non-hydrogen) atoms. The summed E-state index contributed by atoms with van der Waals surface area (Å²) in [7, 11) is 0. The van der Waals surface area contributed by atoms with Gasteiger partial charge in [0.2, 0.25) is 0 Å². The van der Waals surface area contributed by atoms with Crippen molar-refractivity contribution in [3.8, 4) is 11.5 Å². The molecule has 0 aromatic heterocycles. The summed E-state index contributed by atoms with van der Waals surface area (Å²) in [5, 5.41) is 15.2. The molecule has 0 atom stereocenters. The summed E-state index contributed by atoms with van der Waals surface area (Å²) >= 11 is 0. The Morgan fingerprint density at radius 3 is 2.22 bits per heavy atom. The molecule has 0 aliphatic heterocycles. The molecule has 1 aromatic rings. The molecule has 7 heteroatoms. The molecule has 0 radical (unpaired) electrons. The van der Waals surface area contributed by atoms with Crippen LogP contribution < -0.4 is 20.1 Å². The first-order chi connectivity index (χ1) is 10.3. The Hall–Kier alpha value is -0.720. The Kier molecular flexibility index (Phi) is 17.2. The highest BCUT2D eigenvalue weighted by molar-refractivity contribution is 5.85. The Morgan fingerprint density at radius 2 is 1.57 bits per heavy atom. The number of benzene rings is 1. The average molecular weight is 369 g/mol. The summed E-state index contributed by atoms with van der Waals surface area (Å²) < 4.78 is 11.2. The van der Waals surface area contributed by atoms with Crippen LogP contribution in [0.2, 0.25) is 0 Å². The van der Waals surface area contributed by atoms with Gasteiger partial charge in [-0.1, -0.05) is 6.07 Å². The highest BCUT2D eigenvalue weighted by atomic mass is 35.5. The molecule has 0 fully saturated rings. The smallest absolute Gasteiger partial charge is 0.161 e. The van der Waals surface area contributed by atoms with Gasteiger partial charge in [0.15, 0.2) is 11.5 Å². The van der Waals surface area contributed by atoms with Crippen LogP contribution in [0.25, 0.3) is 0 Å². The largest absolute Gasteiger partial charge is 0.490 e. The van der Waals surface area contributed by atoms with Gasteiger partial charge in [-0.05, 0) is 51.1 Å². The van der Waals surface area contributed by atoms with E-state index < -0.39 is 0 Å². The van der Waals surface area contributed by atoms with Gasteiger partial charge in [-0.2, -0.15) is 0 Å². The van der Waals surface area contributed by atoms with E-state index >= 15 is 0 Å². The summed E-state index contributed by atoms with van der Waals surface area (Å²) in [6, 6.07) is 6.06. The molecule has 1 rings (SSSR count). The monoisotopic (exact) mass is 368 g/mol. The molecule has 0 heterocycles. The minimum Gasteiger partial charge on any atom is -0.490 e. The van der Waals surface area contributed by atoms with E-state index in [1.54, 1.807) is 0 Å². The van der Waals surface area contributed by atoms with Crippen molar-refractivity contribution in [2.45, 2.75) is 26.8 Å². The minimum absolute atomic E-state index is 0. The van der Waals surface area contributed by atoms with Crippen LogP contribution in [0, 0.1) is 0 Å². The van der Waals surface area contributed by atoms with Gasteiger partial charge in [0.1, 0.15) is 0 Å². The number of hydrogen-bond acceptors (Lipinski definition) is 5. The molecule has 1 aromatic carbocycles. The van der Waals surface area contributed by atoms with Gasteiger partial charge >= 0.3 is 0 Å². The number of aliphatic hydroxyl groups is 1. The van der Waals surface area contributed by atoms with Crippen LogP contribution in [-0.2, 0) is 6.54 Å². The van der Waals surface area contributed by atoms with Crippen molar-refractivity contribution >= 4 is 24.8 Å². The third-order valence-corrected chi connectivity index (χ3v) is 2.93. The fourth-order valence-electron chi connectivity index (χ4n) is 1.98. The second-order valence-electron chi connectivity index (χ2n) is 4.65. The predicted molar refractivity (Wildman–Crippen MR) is 99.6 cm³/mol. The molecule has 0 amide bonds. The highest BCUT2D eigenvalue weighted by Gasteiger charge is 2.05. The topological polar surface area (TPSA) is 62.8 Å². The molecule has 0 saturated carbocycles. The van der Waals surface area contributed by atoms with E-state index in [1.807, 2.05) is 26.0 Å².